The fourth-order valence-electron chi connectivity index (χ4n) is 6.82. The Labute approximate surface area is 224 Å². The molecule has 184 valence electrons. The molecule has 0 bridgehead atoms. The first-order valence-corrected chi connectivity index (χ1v) is 13.9. The van der Waals surface area contributed by atoms with Gasteiger partial charge in [-0.15, -0.1) is 0 Å². The maximum Gasteiger partial charge on any atom is 0.0629 e. The predicted octanol–water partition coefficient (Wildman–Crippen LogP) is 8.81. The lowest BCUT2D eigenvalue weighted by Crippen LogP contribution is -2.32. The van der Waals surface area contributed by atoms with Crippen molar-refractivity contribution in [3.63, 3.8) is 0 Å². The molecule has 3 aromatic carbocycles. The number of hydrogen-bond donors (Lipinski definition) is 1. The van der Waals surface area contributed by atoms with Crippen molar-refractivity contribution in [3.05, 3.63) is 143 Å². The molecule has 4 aromatic rings. The van der Waals surface area contributed by atoms with Gasteiger partial charge in [-0.05, 0) is 83.9 Å². The van der Waals surface area contributed by atoms with E-state index in [9.17, 15) is 0 Å². The van der Waals surface area contributed by atoms with Gasteiger partial charge < -0.3 is 9.88 Å². The number of aryl methyl sites for hydroxylation is 1. The number of rotatable bonds is 3. The van der Waals surface area contributed by atoms with Crippen molar-refractivity contribution < 1.29 is 0 Å². The first kappa shape index (κ1) is 21.8. The summed E-state index contributed by atoms with van der Waals surface area (Å²) in [5, 5.41) is 1.33. The minimum absolute atomic E-state index is 0.324. The molecule has 2 heterocycles. The molecule has 0 saturated heterocycles. The second-order valence-electron chi connectivity index (χ2n) is 10.8. The van der Waals surface area contributed by atoms with Crippen LogP contribution in [0.2, 0.25) is 0 Å². The molecule has 1 N–H and O–H groups in total. The molecule has 1 aliphatic heterocycles. The molecule has 2 unspecified atom stereocenters. The summed E-state index contributed by atoms with van der Waals surface area (Å²) in [6.07, 6.45) is 21.1. The molecule has 4 aliphatic rings. The maximum absolute atomic E-state index is 3.71. The normalized spacial score (nSPS) is 21.5. The van der Waals surface area contributed by atoms with Crippen LogP contribution in [0.5, 0.6) is 0 Å². The molecular formula is C36H30N2. The molecule has 2 heteroatoms. The average molecular weight is 491 g/mol. The zero-order chi connectivity index (χ0) is 25.1. The van der Waals surface area contributed by atoms with Crippen molar-refractivity contribution in [1.29, 1.82) is 0 Å². The number of benzene rings is 3. The van der Waals surface area contributed by atoms with Gasteiger partial charge in [-0.1, -0.05) is 85.0 Å². The zero-order valence-corrected chi connectivity index (χ0v) is 21.4. The lowest BCUT2D eigenvalue weighted by atomic mass is 9.85. The summed E-state index contributed by atoms with van der Waals surface area (Å²) in [6, 6.07) is 27.1. The number of hydrogen-bond acceptors (Lipinski definition) is 1. The number of fused-ring (bicyclic) bond motifs is 6. The van der Waals surface area contributed by atoms with Crippen LogP contribution in [-0.4, -0.2) is 11.0 Å². The van der Waals surface area contributed by atoms with E-state index < -0.39 is 0 Å². The Hall–Kier alpha value is -4.30. The smallest absolute Gasteiger partial charge is 0.0629 e. The number of allylic oxidation sites excluding steroid dienone is 6. The first-order chi connectivity index (χ1) is 18.8. The van der Waals surface area contributed by atoms with Crippen molar-refractivity contribution >= 4 is 33.8 Å². The Bertz CT molecular complexity index is 1720. The Morgan fingerprint density at radius 2 is 1.71 bits per heavy atom. The van der Waals surface area contributed by atoms with E-state index in [-0.39, 0.29) is 0 Å². The van der Waals surface area contributed by atoms with Gasteiger partial charge in [-0.2, -0.15) is 0 Å². The fourth-order valence-corrected chi connectivity index (χ4v) is 6.82. The van der Waals surface area contributed by atoms with Crippen molar-refractivity contribution in [3.8, 4) is 0 Å². The molecule has 0 amide bonds. The van der Waals surface area contributed by atoms with E-state index in [0.717, 1.165) is 25.7 Å². The second kappa shape index (κ2) is 8.63. The van der Waals surface area contributed by atoms with Gasteiger partial charge in [0.05, 0.1) is 6.04 Å². The first-order valence-electron chi connectivity index (χ1n) is 13.9. The van der Waals surface area contributed by atoms with Gasteiger partial charge in [0.25, 0.3) is 0 Å². The van der Waals surface area contributed by atoms with Gasteiger partial charge >= 0.3 is 0 Å². The van der Waals surface area contributed by atoms with Crippen LogP contribution in [0.3, 0.4) is 0 Å². The summed E-state index contributed by atoms with van der Waals surface area (Å²) in [7, 11) is 0. The van der Waals surface area contributed by atoms with Crippen LogP contribution in [0.25, 0.3) is 28.1 Å². The van der Waals surface area contributed by atoms with E-state index in [1.54, 1.807) is 0 Å². The monoisotopic (exact) mass is 490 g/mol. The van der Waals surface area contributed by atoms with E-state index in [1.807, 2.05) is 0 Å². The molecule has 0 spiro atoms. The van der Waals surface area contributed by atoms with E-state index in [1.165, 1.54) is 61.4 Å². The van der Waals surface area contributed by atoms with Crippen molar-refractivity contribution in [2.45, 2.75) is 37.6 Å². The van der Waals surface area contributed by atoms with Gasteiger partial charge in [-0.3, -0.25) is 0 Å². The molecule has 0 fully saturated rings. The molecule has 3 aliphatic carbocycles. The summed E-state index contributed by atoms with van der Waals surface area (Å²) in [5.41, 5.74) is 13.4. The summed E-state index contributed by atoms with van der Waals surface area (Å²) >= 11 is 0. The molecule has 38 heavy (non-hydrogen) atoms. The Kier molecular flexibility index (Phi) is 4.94. The molecule has 2 atom stereocenters. The molecule has 2 nitrogen and oxygen atoms in total. The van der Waals surface area contributed by atoms with Gasteiger partial charge in [-0.25, -0.2) is 0 Å². The van der Waals surface area contributed by atoms with Crippen LogP contribution < -0.4 is 4.90 Å². The lowest BCUT2D eigenvalue weighted by Gasteiger charge is -2.31. The second-order valence-corrected chi connectivity index (χ2v) is 10.8. The minimum Gasteiger partial charge on any atom is -0.358 e. The third kappa shape index (κ3) is 3.40. The highest BCUT2D eigenvalue weighted by molar-refractivity contribution is 5.99. The van der Waals surface area contributed by atoms with E-state index in [4.69, 9.17) is 0 Å². The van der Waals surface area contributed by atoms with E-state index in [0.29, 0.717) is 12.0 Å². The van der Waals surface area contributed by atoms with Gasteiger partial charge in [0.15, 0.2) is 0 Å². The number of para-hydroxylation sites is 1. The summed E-state index contributed by atoms with van der Waals surface area (Å²) < 4.78 is 0. The Morgan fingerprint density at radius 3 is 2.61 bits per heavy atom. The lowest BCUT2D eigenvalue weighted by molar-refractivity contribution is 0.727. The van der Waals surface area contributed by atoms with Crippen molar-refractivity contribution in [2.24, 2.45) is 0 Å². The Morgan fingerprint density at radius 1 is 0.816 bits per heavy atom. The SMILES string of the molecule is C1=CC(N2c3ccccc3C3C=C(c4ccc5[nH]c6c(c5c4)C=C(c4ccccc4)CC6)C=CC32)=CCC1. The van der Waals surface area contributed by atoms with Crippen LogP contribution in [0.15, 0.2) is 115 Å². The summed E-state index contributed by atoms with van der Waals surface area (Å²) in [4.78, 5) is 6.25. The fraction of sp³-hybridized carbons (Fsp3) is 0.167. The summed E-state index contributed by atoms with van der Waals surface area (Å²) in [6.45, 7) is 0. The quantitative estimate of drug-likeness (QED) is 0.304. The number of aromatic amines is 1. The average Bonchev–Trinajstić information content (AvgIpc) is 3.52. The van der Waals surface area contributed by atoms with Crippen molar-refractivity contribution in [1.82, 2.24) is 4.98 Å². The van der Waals surface area contributed by atoms with E-state index >= 15 is 0 Å². The van der Waals surface area contributed by atoms with Crippen molar-refractivity contribution in [2.75, 3.05) is 4.90 Å². The number of nitrogens with zero attached hydrogens (tertiary/aromatic N) is 1. The molecular weight excluding hydrogens is 460 g/mol. The van der Waals surface area contributed by atoms with E-state index in [2.05, 4.69) is 125 Å². The van der Waals surface area contributed by atoms with Crippen LogP contribution in [0, 0.1) is 0 Å². The van der Waals surface area contributed by atoms with Crippen LogP contribution in [0.1, 0.15) is 53.1 Å². The topological polar surface area (TPSA) is 19.0 Å². The number of nitrogens with one attached hydrogen (secondary N) is 1. The molecule has 8 rings (SSSR count). The third-order valence-corrected chi connectivity index (χ3v) is 8.67. The standard InChI is InChI=1S/C36H30N2/c1-3-9-24(10-4-1)25-15-18-33-30(21-25)31-22-26(16-19-34(31)37-33)27-17-20-36-32(23-27)29-13-7-8-14-35(29)38(36)28-11-5-2-6-12-28/h1,3-5,7-14,16-17,19-23,32,36-37H,2,6,15,18H2. The van der Waals surface area contributed by atoms with Gasteiger partial charge in [0, 0.05) is 39.5 Å². The largest absolute Gasteiger partial charge is 0.358 e. The zero-order valence-electron chi connectivity index (χ0n) is 21.4. The van der Waals surface area contributed by atoms with Crippen LogP contribution in [-0.2, 0) is 6.42 Å². The van der Waals surface area contributed by atoms with Gasteiger partial charge in [0.2, 0.25) is 0 Å². The third-order valence-electron chi connectivity index (χ3n) is 8.67. The van der Waals surface area contributed by atoms with Gasteiger partial charge in [0.1, 0.15) is 0 Å². The van der Waals surface area contributed by atoms with Crippen LogP contribution >= 0.6 is 0 Å². The minimum atomic E-state index is 0.324. The molecule has 1 aromatic heterocycles. The predicted molar refractivity (Wildman–Crippen MR) is 160 cm³/mol. The molecule has 0 radical (unpaired) electrons. The summed E-state index contributed by atoms with van der Waals surface area (Å²) in [5.74, 6) is 0.350. The number of aromatic nitrogens is 1. The van der Waals surface area contributed by atoms with Crippen LogP contribution in [0.4, 0.5) is 5.69 Å². The number of H-pyrrole nitrogens is 1. The highest BCUT2D eigenvalue weighted by Gasteiger charge is 2.38. The highest BCUT2D eigenvalue weighted by Crippen LogP contribution is 2.48. The Balaban J connectivity index is 1.19. The molecule has 0 saturated carbocycles. The maximum atomic E-state index is 3.71. The highest BCUT2D eigenvalue weighted by atomic mass is 15.2. The number of anilines is 1.